The number of carbonyl (C=O) groups is 1. The second-order valence-electron chi connectivity index (χ2n) is 17.4. The molecule has 0 heterocycles. The fourth-order valence-corrected chi connectivity index (χ4v) is 11.5. The van der Waals surface area contributed by atoms with Gasteiger partial charge in [-0.2, -0.15) is 0 Å². The fraction of sp³-hybridized carbons (Fsp3) is 0.791. The summed E-state index contributed by atoms with van der Waals surface area (Å²) in [6, 6.07) is 7.54. The van der Waals surface area contributed by atoms with E-state index in [0.29, 0.717) is 16.6 Å². The first-order valence-corrected chi connectivity index (χ1v) is 19.8. The van der Waals surface area contributed by atoms with Gasteiger partial charge in [-0.1, -0.05) is 129 Å². The average Bonchev–Trinajstić information content (AvgIpc) is 3.38. The molecule has 4 unspecified atom stereocenters. The van der Waals surface area contributed by atoms with E-state index in [9.17, 15) is 4.79 Å². The molecule has 0 radical (unpaired) electrons. The van der Waals surface area contributed by atoms with Gasteiger partial charge in [-0.25, -0.2) is 4.79 Å². The molecule has 8 atom stereocenters. The van der Waals surface area contributed by atoms with Gasteiger partial charge in [-0.3, -0.25) is 0 Å². The number of carboxylic acid groups (broad SMARTS) is 1. The monoisotopic (exact) mass is 633 g/mol. The van der Waals surface area contributed by atoms with Gasteiger partial charge in [0.25, 0.3) is 0 Å². The molecule has 3 fully saturated rings. The van der Waals surface area contributed by atoms with Gasteiger partial charge in [0.05, 0.1) is 0 Å². The van der Waals surface area contributed by atoms with Gasteiger partial charge in [0, 0.05) is 0 Å². The van der Waals surface area contributed by atoms with Crippen LogP contribution in [0.4, 0.5) is 4.79 Å². The lowest BCUT2D eigenvalue weighted by Gasteiger charge is -2.58. The first-order valence-electron chi connectivity index (χ1n) is 19.8. The maximum atomic E-state index is 10.9. The average molecular weight is 633 g/mol. The first-order chi connectivity index (χ1) is 22.1. The van der Waals surface area contributed by atoms with Crippen molar-refractivity contribution >= 4 is 6.16 Å². The summed E-state index contributed by atoms with van der Waals surface area (Å²) in [4.78, 5) is 10.9. The zero-order chi connectivity index (χ0) is 32.7. The summed E-state index contributed by atoms with van der Waals surface area (Å²) in [6.07, 6.45) is 28.9. The van der Waals surface area contributed by atoms with Crippen molar-refractivity contribution in [3.8, 4) is 5.75 Å². The van der Waals surface area contributed by atoms with Crippen LogP contribution in [-0.4, -0.2) is 11.3 Å². The summed E-state index contributed by atoms with van der Waals surface area (Å²) in [5.41, 5.74) is 3.96. The zero-order valence-corrected chi connectivity index (χ0v) is 30.3. The van der Waals surface area contributed by atoms with Crippen LogP contribution in [0.15, 0.2) is 35.9 Å². The number of ether oxygens (including phenoxy) is 1. The lowest BCUT2D eigenvalue weighted by atomic mass is 9.46. The van der Waals surface area contributed by atoms with E-state index in [1.165, 1.54) is 116 Å². The third-order valence-corrected chi connectivity index (χ3v) is 14.1. The standard InChI is InChI=1S/C43H68O3/c1-31(2)16-15-17-32(3)37-24-25-38-36-23-22-35-30-33(26-28-42(35,4)39(36)27-29-43(37,38)5)18-11-9-7-6-8-10-12-19-34-20-13-14-21-40(34)46-41(44)45/h13-14,20-22,31-33,36-39H,6-12,15-19,23-30H2,1-5H3,(H,44,45)/t32-,33?,36?,37-,38?,39?,42+,43-/m1/s1. The number of aryl methyl sites for hydroxylation is 1. The van der Waals surface area contributed by atoms with Gasteiger partial charge < -0.3 is 9.84 Å². The van der Waals surface area contributed by atoms with Crippen LogP contribution in [0.1, 0.15) is 162 Å². The van der Waals surface area contributed by atoms with Crippen molar-refractivity contribution in [3.05, 3.63) is 41.5 Å². The Morgan fingerprint density at radius 3 is 2.37 bits per heavy atom. The highest BCUT2D eigenvalue weighted by Crippen LogP contribution is 2.67. The molecule has 4 aliphatic rings. The molecule has 0 saturated heterocycles. The van der Waals surface area contributed by atoms with Crippen molar-refractivity contribution in [2.24, 2.45) is 52.3 Å². The van der Waals surface area contributed by atoms with Crippen molar-refractivity contribution in [1.82, 2.24) is 0 Å². The Balaban J connectivity index is 1.01. The van der Waals surface area contributed by atoms with E-state index in [1.807, 2.05) is 23.8 Å². The molecule has 3 heteroatoms. The van der Waals surface area contributed by atoms with Crippen LogP contribution in [0, 0.1) is 52.3 Å². The predicted molar refractivity (Wildman–Crippen MR) is 192 cm³/mol. The second kappa shape index (κ2) is 16.1. The number of para-hydroxylation sites is 1. The fourth-order valence-electron chi connectivity index (χ4n) is 11.5. The highest BCUT2D eigenvalue weighted by molar-refractivity contribution is 5.62. The molecule has 0 amide bonds. The molecular weight excluding hydrogens is 564 g/mol. The molecule has 0 spiro atoms. The lowest BCUT2D eigenvalue weighted by Crippen LogP contribution is -2.50. The first kappa shape index (κ1) is 35.5. The van der Waals surface area contributed by atoms with Gasteiger partial charge in [-0.15, -0.1) is 0 Å². The minimum atomic E-state index is -1.23. The molecule has 0 aromatic heterocycles. The van der Waals surface area contributed by atoms with Crippen molar-refractivity contribution < 1.29 is 14.6 Å². The third kappa shape index (κ3) is 8.26. The summed E-state index contributed by atoms with van der Waals surface area (Å²) >= 11 is 0. The number of rotatable bonds is 16. The maximum Gasteiger partial charge on any atom is 0.511 e. The molecule has 46 heavy (non-hydrogen) atoms. The lowest BCUT2D eigenvalue weighted by molar-refractivity contribution is -0.0529. The Morgan fingerprint density at radius 2 is 1.61 bits per heavy atom. The van der Waals surface area contributed by atoms with E-state index < -0.39 is 6.16 Å². The van der Waals surface area contributed by atoms with Crippen molar-refractivity contribution in [2.45, 2.75) is 163 Å². The number of allylic oxidation sites excluding steroid dienone is 2. The zero-order valence-electron chi connectivity index (χ0n) is 30.3. The molecule has 3 nitrogen and oxygen atoms in total. The van der Waals surface area contributed by atoms with Crippen molar-refractivity contribution in [2.75, 3.05) is 0 Å². The van der Waals surface area contributed by atoms with Crippen LogP contribution in [0.3, 0.4) is 0 Å². The minimum Gasteiger partial charge on any atom is -0.449 e. The highest BCUT2D eigenvalue weighted by Gasteiger charge is 2.59. The molecular formula is C43H68O3. The third-order valence-electron chi connectivity index (χ3n) is 14.1. The summed E-state index contributed by atoms with van der Waals surface area (Å²) in [5, 5.41) is 8.95. The molecule has 0 aliphatic heterocycles. The predicted octanol–water partition coefficient (Wildman–Crippen LogP) is 13.1. The Kier molecular flexibility index (Phi) is 12.4. The Labute approximate surface area is 282 Å². The molecule has 1 aromatic carbocycles. The normalized spacial score (nSPS) is 32.7. The SMILES string of the molecule is CC(C)CCC[C@@H](C)[C@H]1CCC2C3CC=C4CC(CCCCCCCCCc5ccccc5OC(=O)O)CC[C@]4(C)C3CC[C@@]21C. The molecule has 1 N–H and O–H groups in total. The second-order valence-corrected chi connectivity index (χ2v) is 17.4. The number of hydrogen-bond acceptors (Lipinski definition) is 2. The molecule has 258 valence electrons. The Hall–Kier alpha value is -1.77. The van der Waals surface area contributed by atoms with E-state index in [-0.39, 0.29) is 0 Å². The molecule has 0 bridgehead atoms. The Morgan fingerprint density at radius 1 is 0.870 bits per heavy atom. The molecule has 5 rings (SSSR count). The van der Waals surface area contributed by atoms with Crippen LogP contribution < -0.4 is 4.74 Å². The summed E-state index contributed by atoms with van der Waals surface area (Å²) in [5.74, 6) is 6.98. The van der Waals surface area contributed by atoms with Gasteiger partial charge in [0.1, 0.15) is 5.75 Å². The smallest absolute Gasteiger partial charge is 0.449 e. The number of hydrogen-bond donors (Lipinski definition) is 1. The largest absolute Gasteiger partial charge is 0.511 e. The van der Waals surface area contributed by atoms with Gasteiger partial charge >= 0.3 is 6.16 Å². The number of benzene rings is 1. The summed E-state index contributed by atoms with van der Waals surface area (Å²) < 4.78 is 4.93. The van der Waals surface area contributed by atoms with Gasteiger partial charge in [0.15, 0.2) is 0 Å². The molecule has 3 saturated carbocycles. The quantitative estimate of drug-likeness (QED) is 0.0853. The van der Waals surface area contributed by atoms with Crippen molar-refractivity contribution in [3.63, 3.8) is 0 Å². The van der Waals surface area contributed by atoms with E-state index in [4.69, 9.17) is 9.84 Å². The van der Waals surface area contributed by atoms with Crippen LogP contribution in [0.2, 0.25) is 0 Å². The molecule has 4 aliphatic carbocycles. The topological polar surface area (TPSA) is 46.5 Å². The van der Waals surface area contributed by atoms with Crippen LogP contribution in [-0.2, 0) is 6.42 Å². The number of unbranched alkanes of at least 4 members (excludes halogenated alkanes) is 6. The van der Waals surface area contributed by atoms with E-state index in [2.05, 4.69) is 40.7 Å². The van der Waals surface area contributed by atoms with Crippen LogP contribution in [0.5, 0.6) is 5.75 Å². The number of fused-ring (bicyclic) bond motifs is 5. The van der Waals surface area contributed by atoms with Crippen LogP contribution in [0.25, 0.3) is 0 Å². The van der Waals surface area contributed by atoms with Crippen molar-refractivity contribution in [1.29, 1.82) is 0 Å². The Bertz CT molecular complexity index is 1150. The van der Waals surface area contributed by atoms with E-state index in [1.54, 1.807) is 6.07 Å². The van der Waals surface area contributed by atoms with Crippen LogP contribution >= 0.6 is 0 Å². The van der Waals surface area contributed by atoms with E-state index >= 15 is 0 Å². The molecule has 1 aromatic rings. The van der Waals surface area contributed by atoms with Gasteiger partial charge in [0.2, 0.25) is 0 Å². The minimum absolute atomic E-state index is 0.488. The maximum absolute atomic E-state index is 10.9. The van der Waals surface area contributed by atoms with E-state index in [0.717, 1.165) is 59.8 Å². The highest BCUT2D eigenvalue weighted by atomic mass is 16.7. The van der Waals surface area contributed by atoms with Gasteiger partial charge in [-0.05, 0) is 128 Å². The summed E-state index contributed by atoms with van der Waals surface area (Å²) in [6.45, 7) is 12.8. The summed E-state index contributed by atoms with van der Waals surface area (Å²) in [7, 11) is 0.